The monoisotopic (exact) mass is 306 g/mol. The summed E-state index contributed by atoms with van der Waals surface area (Å²) in [5, 5.41) is 3.13. The van der Waals surface area contributed by atoms with Crippen molar-refractivity contribution in [3.8, 4) is 0 Å². The van der Waals surface area contributed by atoms with Gasteiger partial charge in [-0.3, -0.25) is 9.59 Å². The molecule has 0 aliphatic heterocycles. The molecule has 2 amide bonds. The molecule has 0 unspecified atom stereocenters. The van der Waals surface area contributed by atoms with Crippen LogP contribution in [0.1, 0.15) is 28.6 Å². The molecule has 1 saturated carbocycles. The number of alkyl halides is 2. The molecule has 0 saturated heterocycles. The van der Waals surface area contributed by atoms with Crippen LogP contribution in [0.5, 0.6) is 0 Å². The molecule has 1 atom stereocenters. The minimum Gasteiger partial charge on any atom is -0.366 e. The lowest BCUT2D eigenvalue weighted by Gasteiger charge is -2.12. The zero-order valence-electron chi connectivity index (χ0n) is 9.84. The molecule has 1 heterocycles. The van der Waals surface area contributed by atoms with E-state index in [2.05, 4.69) is 5.32 Å². The van der Waals surface area contributed by atoms with E-state index in [4.69, 9.17) is 28.9 Å². The Bertz CT molecular complexity index is 541. The zero-order chi connectivity index (χ0) is 13.7. The number of hydrogen-bond donors (Lipinski definition) is 2. The van der Waals surface area contributed by atoms with Crippen LogP contribution in [0, 0.1) is 12.3 Å². The normalized spacial score (nSPS) is 24.7. The van der Waals surface area contributed by atoms with Crippen molar-refractivity contribution in [3.63, 3.8) is 0 Å². The maximum atomic E-state index is 12.1. The molecule has 98 valence electrons. The fourth-order valence-electron chi connectivity index (χ4n) is 1.68. The number of halogens is 2. The molecule has 18 heavy (non-hydrogen) atoms. The first-order valence-corrected chi connectivity index (χ1v) is 6.84. The van der Waals surface area contributed by atoms with E-state index in [1.807, 2.05) is 6.92 Å². The second kappa shape index (κ2) is 4.11. The van der Waals surface area contributed by atoms with E-state index in [9.17, 15) is 9.59 Å². The summed E-state index contributed by atoms with van der Waals surface area (Å²) in [4.78, 5) is 24.2. The van der Waals surface area contributed by atoms with Gasteiger partial charge < -0.3 is 11.1 Å². The first-order valence-electron chi connectivity index (χ1n) is 5.27. The first kappa shape index (κ1) is 13.6. The smallest absolute Gasteiger partial charge is 0.251 e. The van der Waals surface area contributed by atoms with Crippen LogP contribution in [0.15, 0.2) is 6.07 Å². The van der Waals surface area contributed by atoms with Gasteiger partial charge in [-0.25, -0.2) is 0 Å². The van der Waals surface area contributed by atoms with E-state index >= 15 is 0 Å². The second-order valence-electron chi connectivity index (χ2n) is 4.63. The minimum atomic E-state index is -1.03. The van der Waals surface area contributed by atoms with Gasteiger partial charge in [0, 0.05) is 4.88 Å². The van der Waals surface area contributed by atoms with Crippen LogP contribution in [0.4, 0.5) is 5.00 Å². The molecule has 2 rings (SSSR count). The molecule has 1 aromatic heterocycles. The van der Waals surface area contributed by atoms with Gasteiger partial charge in [-0.15, -0.1) is 34.5 Å². The summed E-state index contributed by atoms with van der Waals surface area (Å²) in [6, 6.07) is 1.65. The molecule has 1 aliphatic rings. The third-order valence-corrected chi connectivity index (χ3v) is 5.17. The van der Waals surface area contributed by atoms with E-state index in [-0.39, 0.29) is 5.91 Å². The lowest BCUT2D eigenvalue weighted by Crippen LogP contribution is -2.26. The van der Waals surface area contributed by atoms with Gasteiger partial charge in [-0.1, -0.05) is 0 Å². The highest BCUT2D eigenvalue weighted by Crippen LogP contribution is 2.64. The van der Waals surface area contributed by atoms with Crippen molar-refractivity contribution in [2.45, 2.75) is 24.6 Å². The van der Waals surface area contributed by atoms with Gasteiger partial charge in [-0.2, -0.15) is 0 Å². The van der Waals surface area contributed by atoms with Crippen molar-refractivity contribution in [3.05, 3.63) is 16.5 Å². The Morgan fingerprint density at radius 3 is 2.50 bits per heavy atom. The lowest BCUT2D eigenvalue weighted by atomic mass is 10.1. The summed E-state index contributed by atoms with van der Waals surface area (Å²) < 4.78 is -1.03. The van der Waals surface area contributed by atoms with Crippen LogP contribution in [-0.2, 0) is 4.79 Å². The van der Waals surface area contributed by atoms with Crippen molar-refractivity contribution in [2.75, 3.05) is 5.32 Å². The third-order valence-electron chi connectivity index (χ3n) is 3.11. The molecule has 1 fully saturated rings. The topological polar surface area (TPSA) is 72.2 Å². The van der Waals surface area contributed by atoms with Crippen LogP contribution in [0.2, 0.25) is 0 Å². The van der Waals surface area contributed by atoms with Gasteiger partial charge in [0.2, 0.25) is 5.91 Å². The van der Waals surface area contributed by atoms with E-state index in [0.717, 1.165) is 4.88 Å². The van der Waals surface area contributed by atoms with E-state index < -0.39 is 15.7 Å². The van der Waals surface area contributed by atoms with Crippen molar-refractivity contribution in [1.82, 2.24) is 0 Å². The second-order valence-corrected chi connectivity index (χ2v) is 7.37. The van der Waals surface area contributed by atoms with Crippen LogP contribution in [0.25, 0.3) is 0 Å². The van der Waals surface area contributed by atoms with Gasteiger partial charge in [0.1, 0.15) is 9.33 Å². The summed E-state index contributed by atoms with van der Waals surface area (Å²) in [6.07, 6.45) is 0.394. The molecule has 7 heteroatoms. The quantitative estimate of drug-likeness (QED) is 0.843. The maximum Gasteiger partial charge on any atom is 0.251 e. The number of hydrogen-bond acceptors (Lipinski definition) is 3. The standard InChI is InChI=1S/C11H12Cl2N2O2S/c1-5-3-6(7(14)16)8(18-5)15-9(17)10(2)4-11(10,12)13/h3H,4H2,1-2H3,(H2,14,16)(H,15,17)/t10-/m1/s1. The Kier molecular flexibility index (Phi) is 3.12. The summed E-state index contributed by atoms with van der Waals surface area (Å²) in [7, 11) is 0. The van der Waals surface area contributed by atoms with Gasteiger partial charge in [0.15, 0.2) is 0 Å². The van der Waals surface area contributed by atoms with E-state index in [1.165, 1.54) is 11.3 Å². The van der Waals surface area contributed by atoms with E-state index in [1.54, 1.807) is 13.0 Å². The fraction of sp³-hybridized carbons (Fsp3) is 0.455. The molecule has 4 nitrogen and oxygen atoms in total. The molecule has 0 spiro atoms. The highest BCUT2D eigenvalue weighted by molar-refractivity contribution is 7.16. The zero-order valence-corrected chi connectivity index (χ0v) is 12.2. The Hall–Kier alpha value is -0.780. The molecule has 0 bridgehead atoms. The number of nitrogens with one attached hydrogen (secondary N) is 1. The number of rotatable bonds is 3. The molecule has 1 aliphatic carbocycles. The highest BCUT2D eigenvalue weighted by atomic mass is 35.5. The molecule has 0 radical (unpaired) electrons. The lowest BCUT2D eigenvalue weighted by molar-refractivity contribution is -0.120. The maximum absolute atomic E-state index is 12.1. The van der Waals surface area contributed by atoms with Crippen LogP contribution >= 0.6 is 34.5 Å². The number of anilines is 1. The van der Waals surface area contributed by atoms with Crippen LogP contribution in [-0.4, -0.2) is 16.1 Å². The summed E-state index contributed by atoms with van der Waals surface area (Å²) in [6.45, 7) is 3.52. The molecule has 0 aromatic carbocycles. The predicted octanol–water partition coefficient (Wildman–Crippen LogP) is 2.68. The highest BCUT2D eigenvalue weighted by Gasteiger charge is 2.68. The predicted molar refractivity (Wildman–Crippen MR) is 73.4 cm³/mol. The number of nitrogens with two attached hydrogens (primary N) is 1. The van der Waals surface area contributed by atoms with Crippen molar-refractivity contribution >= 4 is 51.4 Å². The first-order chi connectivity index (χ1) is 8.17. The largest absolute Gasteiger partial charge is 0.366 e. The van der Waals surface area contributed by atoms with Gasteiger partial charge in [-0.05, 0) is 26.3 Å². The number of aryl methyl sites for hydroxylation is 1. The van der Waals surface area contributed by atoms with Crippen molar-refractivity contribution in [1.29, 1.82) is 0 Å². The molecular formula is C11H12Cl2N2O2S. The Balaban J connectivity index is 2.21. The SMILES string of the molecule is Cc1cc(C(N)=O)c(NC(=O)[C@@]2(C)CC2(Cl)Cl)s1. The molecule has 1 aromatic rings. The van der Waals surface area contributed by atoms with Crippen molar-refractivity contribution in [2.24, 2.45) is 11.1 Å². The summed E-state index contributed by atoms with van der Waals surface area (Å²) >= 11 is 13.2. The number of carbonyl (C=O) groups is 2. The van der Waals surface area contributed by atoms with Crippen LogP contribution in [0.3, 0.4) is 0 Å². The van der Waals surface area contributed by atoms with Crippen molar-refractivity contribution < 1.29 is 9.59 Å². The fourth-order valence-corrected chi connectivity index (χ4v) is 3.30. The third kappa shape index (κ3) is 2.11. The minimum absolute atomic E-state index is 0.295. The number of primary amides is 1. The average molecular weight is 307 g/mol. The Morgan fingerprint density at radius 1 is 1.50 bits per heavy atom. The van der Waals surface area contributed by atoms with E-state index in [0.29, 0.717) is 17.0 Å². The average Bonchev–Trinajstić information content (AvgIpc) is 2.58. The van der Waals surface area contributed by atoms with Gasteiger partial charge in [0.05, 0.1) is 11.0 Å². The number of carbonyl (C=O) groups excluding carboxylic acids is 2. The van der Waals surface area contributed by atoms with Gasteiger partial charge in [0.25, 0.3) is 5.91 Å². The number of amides is 2. The Morgan fingerprint density at radius 2 is 2.06 bits per heavy atom. The van der Waals surface area contributed by atoms with Crippen LogP contribution < -0.4 is 11.1 Å². The summed E-state index contributed by atoms with van der Waals surface area (Å²) in [5.41, 5.74) is 4.74. The summed E-state index contributed by atoms with van der Waals surface area (Å²) in [5.74, 6) is -0.865. The number of thiophene rings is 1. The molecular weight excluding hydrogens is 295 g/mol. The van der Waals surface area contributed by atoms with Gasteiger partial charge >= 0.3 is 0 Å². The molecule has 3 N–H and O–H groups in total. The Labute approximate surface area is 118 Å².